The van der Waals surface area contributed by atoms with E-state index in [-0.39, 0.29) is 36.9 Å². The molecule has 1 aliphatic carbocycles. The molecular formula is C20H25N3O5. The van der Waals surface area contributed by atoms with Crippen LogP contribution in [0.4, 0.5) is 0 Å². The van der Waals surface area contributed by atoms with Crippen LogP contribution in [0.25, 0.3) is 0 Å². The van der Waals surface area contributed by atoms with E-state index in [0.29, 0.717) is 25.3 Å². The highest BCUT2D eigenvalue weighted by Crippen LogP contribution is 2.40. The number of carbonyl (C=O) groups excluding carboxylic acids is 3. The largest absolute Gasteiger partial charge is 0.497 e. The van der Waals surface area contributed by atoms with Crippen molar-refractivity contribution in [2.75, 3.05) is 33.4 Å². The van der Waals surface area contributed by atoms with Gasteiger partial charge in [-0.15, -0.1) is 0 Å². The summed E-state index contributed by atoms with van der Waals surface area (Å²) in [5, 5.41) is 2.78. The fourth-order valence-corrected chi connectivity index (χ4v) is 3.93. The Bertz CT molecular complexity index is 762. The highest BCUT2D eigenvalue weighted by molar-refractivity contribution is 5.90. The summed E-state index contributed by atoms with van der Waals surface area (Å²) in [4.78, 5) is 41.2. The van der Waals surface area contributed by atoms with Gasteiger partial charge in [-0.25, -0.2) is 0 Å². The third-order valence-electron chi connectivity index (χ3n) is 5.47. The Morgan fingerprint density at radius 2 is 1.96 bits per heavy atom. The molecule has 28 heavy (non-hydrogen) atoms. The van der Waals surface area contributed by atoms with E-state index in [1.165, 1.54) is 0 Å². The minimum Gasteiger partial charge on any atom is -0.497 e. The van der Waals surface area contributed by atoms with Gasteiger partial charge >= 0.3 is 0 Å². The monoisotopic (exact) mass is 387 g/mol. The molecule has 0 bridgehead atoms. The highest BCUT2D eigenvalue weighted by Gasteiger charge is 2.48. The molecule has 1 aromatic rings. The van der Waals surface area contributed by atoms with Crippen molar-refractivity contribution in [3.63, 3.8) is 0 Å². The molecule has 8 heteroatoms. The average molecular weight is 387 g/mol. The zero-order valence-corrected chi connectivity index (χ0v) is 15.9. The number of hydrogen-bond donors (Lipinski definition) is 1. The van der Waals surface area contributed by atoms with Crippen LogP contribution < -0.4 is 10.1 Å². The van der Waals surface area contributed by atoms with Crippen molar-refractivity contribution in [3.8, 4) is 5.75 Å². The molecule has 1 aromatic carbocycles. The van der Waals surface area contributed by atoms with Crippen molar-refractivity contribution < 1.29 is 23.9 Å². The van der Waals surface area contributed by atoms with E-state index in [2.05, 4.69) is 5.32 Å². The van der Waals surface area contributed by atoms with E-state index in [0.717, 1.165) is 18.4 Å². The predicted octanol–water partition coefficient (Wildman–Crippen LogP) is 0.475. The SMILES string of the molecule is COc1ccc([C@@H]2[C@@H](C(=O)N3CCCNC(=O)C3)OCC(=O)N2C2CC2)cc1. The molecule has 3 fully saturated rings. The predicted molar refractivity (Wildman–Crippen MR) is 99.5 cm³/mol. The molecule has 1 N–H and O–H groups in total. The highest BCUT2D eigenvalue weighted by atomic mass is 16.5. The molecule has 2 saturated heterocycles. The van der Waals surface area contributed by atoms with Crippen LogP contribution in [0, 0.1) is 0 Å². The summed E-state index contributed by atoms with van der Waals surface area (Å²) in [5.74, 6) is 0.201. The molecule has 0 aromatic heterocycles. The van der Waals surface area contributed by atoms with Gasteiger partial charge in [0.15, 0.2) is 6.10 Å². The minimum atomic E-state index is -0.822. The number of hydrogen-bond acceptors (Lipinski definition) is 5. The van der Waals surface area contributed by atoms with Crippen LogP contribution in [0.5, 0.6) is 5.75 Å². The van der Waals surface area contributed by atoms with Gasteiger partial charge in [0.2, 0.25) is 11.8 Å². The van der Waals surface area contributed by atoms with Gasteiger partial charge in [-0.1, -0.05) is 12.1 Å². The average Bonchev–Trinajstić information content (AvgIpc) is 3.55. The summed E-state index contributed by atoms with van der Waals surface area (Å²) in [6, 6.07) is 7.03. The fraction of sp³-hybridized carbons (Fsp3) is 0.550. The molecule has 1 saturated carbocycles. The lowest BCUT2D eigenvalue weighted by molar-refractivity contribution is -0.170. The molecule has 3 amide bonds. The van der Waals surface area contributed by atoms with Crippen LogP contribution in [0.2, 0.25) is 0 Å². The van der Waals surface area contributed by atoms with Gasteiger partial charge in [0.05, 0.1) is 19.7 Å². The molecule has 3 aliphatic rings. The number of morpholine rings is 1. The molecule has 2 heterocycles. The molecule has 0 unspecified atom stereocenters. The second kappa shape index (κ2) is 7.79. The quantitative estimate of drug-likeness (QED) is 0.812. The van der Waals surface area contributed by atoms with Crippen LogP contribution >= 0.6 is 0 Å². The van der Waals surface area contributed by atoms with Crippen LogP contribution in [0.15, 0.2) is 24.3 Å². The van der Waals surface area contributed by atoms with E-state index in [4.69, 9.17) is 9.47 Å². The van der Waals surface area contributed by atoms with Gasteiger partial charge in [0.1, 0.15) is 12.4 Å². The van der Waals surface area contributed by atoms with Crippen molar-refractivity contribution in [2.45, 2.75) is 37.5 Å². The molecule has 8 nitrogen and oxygen atoms in total. The van der Waals surface area contributed by atoms with Gasteiger partial charge in [0.25, 0.3) is 5.91 Å². The Kier molecular flexibility index (Phi) is 5.21. The first-order chi connectivity index (χ1) is 13.6. The summed E-state index contributed by atoms with van der Waals surface area (Å²) < 4.78 is 11.0. The first kappa shape index (κ1) is 18.7. The number of carbonyl (C=O) groups is 3. The molecular weight excluding hydrogens is 362 g/mol. The normalized spacial score (nSPS) is 25.9. The Labute approximate surface area is 163 Å². The standard InChI is InChI=1S/C20H25N3O5/c1-27-15-7-3-13(4-8-15)18-19(28-12-17(25)23(18)14-5-6-14)20(26)22-10-2-9-21-16(24)11-22/h3-4,7-8,14,18-19H,2,5-6,9-12H2,1H3,(H,21,24)/t18-,19+/m1/s1. The topological polar surface area (TPSA) is 88.2 Å². The molecule has 2 atom stereocenters. The number of ether oxygens (including phenoxy) is 2. The maximum atomic E-state index is 13.3. The second-order valence-electron chi connectivity index (χ2n) is 7.45. The zero-order chi connectivity index (χ0) is 19.7. The molecule has 4 rings (SSSR count). The Balaban J connectivity index is 1.65. The number of rotatable bonds is 4. The van der Waals surface area contributed by atoms with E-state index in [1.807, 2.05) is 29.2 Å². The number of nitrogens with one attached hydrogen (secondary N) is 1. The van der Waals surface area contributed by atoms with Gasteiger partial charge in [-0.3, -0.25) is 14.4 Å². The fourth-order valence-electron chi connectivity index (χ4n) is 3.93. The van der Waals surface area contributed by atoms with E-state index >= 15 is 0 Å². The zero-order valence-electron chi connectivity index (χ0n) is 15.9. The lowest BCUT2D eigenvalue weighted by Crippen LogP contribution is -2.56. The van der Waals surface area contributed by atoms with Gasteiger partial charge in [0, 0.05) is 19.1 Å². The molecule has 0 radical (unpaired) electrons. The number of nitrogens with zero attached hydrogens (tertiary/aromatic N) is 2. The Morgan fingerprint density at radius 1 is 1.21 bits per heavy atom. The number of benzene rings is 1. The van der Waals surface area contributed by atoms with Gasteiger partial charge < -0.3 is 24.6 Å². The van der Waals surface area contributed by atoms with Crippen molar-refractivity contribution >= 4 is 17.7 Å². The minimum absolute atomic E-state index is 0.0192. The molecule has 2 aliphatic heterocycles. The summed E-state index contributed by atoms with van der Waals surface area (Å²) in [5.41, 5.74) is 0.832. The summed E-state index contributed by atoms with van der Waals surface area (Å²) in [6.07, 6.45) is 1.75. The van der Waals surface area contributed by atoms with Crippen molar-refractivity contribution in [1.82, 2.24) is 15.1 Å². The first-order valence-corrected chi connectivity index (χ1v) is 9.70. The van der Waals surface area contributed by atoms with Crippen LogP contribution in [-0.4, -0.2) is 73.0 Å². The third kappa shape index (κ3) is 3.69. The smallest absolute Gasteiger partial charge is 0.254 e. The molecule has 0 spiro atoms. The molecule has 150 valence electrons. The number of methoxy groups -OCH3 is 1. The maximum Gasteiger partial charge on any atom is 0.254 e. The van der Waals surface area contributed by atoms with Crippen LogP contribution in [0.1, 0.15) is 30.9 Å². The summed E-state index contributed by atoms with van der Waals surface area (Å²) in [6.45, 7) is 0.956. The summed E-state index contributed by atoms with van der Waals surface area (Å²) >= 11 is 0. The second-order valence-corrected chi connectivity index (χ2v) is 7.45. The Morgan fingerprint density at radius 3 is 2.64 bits per heavy atom. The lowest BCUT2D eigenvalue weighted by Gasteiger charge is -2.42. The summed E-state index contributed by atoms with van der Waals surface area (Å²) in [7, 11) is 1.59. The van der Waals surface area contributed by atoms with E-state index in [9.17, 15) is 14.4 Å². The third-order valence-corrected chi connectivity index (χ3v) is 5.47. The van der Waals surface area contributed by atoms with Crippen LogP contribution in [0.3, 0.4) is 0 Å². The van der Waals surface area contributed by atoms with Crippen molar-refractivity contribution in [1.29, 1.82) is 0 Å². The lowest BCUT2D eigenvalue weighted by atomic mass is 9.96. The van der Waals surface area contributed by atoms with E-state index < -0.39 is 12.1 Å². The van der Waals surface area contributed by atoms with Crippen molar-refractivity contribution in [2.24, 2.45) is 0 Å². The maximum absolute atomic E-state index is 13.3. The number of amides is 3. The van der Waals surface area contributed by atoms with Gasteiger partial charge in [-0.05, 0) is 37.0 Å². The Hall–Kier alpha value is -2.61. The van der Waals surface area contributed by atoms with E-state index in [1.54, 1.807) is 12.0 Å². The first-order valence-electron chi connectivity index (χ1n) is 9.70. The van der Waals surface area contributed by atoms with Gasteiger partial charge in [-0.2, -0.15) is 0 Å². The van der Waals surface area contributed by atoms with Crippen LogP contribution in [-0.2, 0) is 19.1 Å². The van der Waals surface area contributed by atoms with Crippen molar-refractivity contribution in [3.05, 3.63) is 29.8 Å².